The summed E-state index contributed by atoms with van der Waals surface area (Å²) in [6.45, 7) is 3.31. The zero-order valence-electron chi connectivity index (χ0n) is 15.9. The number of nitrogens with one attached hydrogen (secondary N) is 2. The maximum atomic E-state index is 12.5. The number of aromatic nitrogens is 2. The molecule has 6 rings (SSSR count). The first-order valence-corrected chi connectivity index (χ1v) is 9.62. The van der Waals surface area contributed by atoms with Crippen molar-refractivity contribution in [1.82, 2.24) is 9.97 Å². The Bertz CT molecular complexity index is 853. The first-order chi connectivity index (χ1) is 13.6. The lowest BCUT2D eigenvalue weighted by molar-refractivity contribution is -0.260. The number of benzene rings is 1. The van der Waals surface area contributed by atoms with E-state index in [-0.39, 0.29) is 16.9 Å². The number of anilines is 2. The van der Waals surface area contributed by atoms with E-state index >= 15 is 0 Å². The summed E-state index contributed by atoms with van der Waals surface area (Å²) < 4.78 is 16.6. The fourth-order valence-electron chi connectivity index (χ4n) is 4.48. The number of carbonyl (C=O) groups excluding carboxylic acids is 1. The fourth-order valence-corrected chi connectivity index (χ4v) is 4.48. The minimum Gasteiger partial charge on any atom is -0.426 e. The van der Waals surface area contributed by atoms with Crippen molar-refractivity contribution in [2.45, 2.75) is 24.9 Å². The van der Waals surface area contributed by atoms with E-state index in [1.807, 2.05) is 24.3 Å². The van der Waals surface area contributed by atoms with Crippen LogP contribution < -0.4 is 15.0 Å². The molecule has 148 valence electrons. The maximum Gasteiger partial charge on any atom is 0.300 e. The normalized spacial score (nSPS) is 28.2. The van der Waals surface area contributed by atoms with Crippen LogP contribution in [0, 0.1) is 5.41 Å². The smallest absolute Gasteiger partial charge is 0.300 e. The Labute approximate surface area is 163 Å². The third-order valence-corrected chi connectivity index (χ3v) is 6.12. The van der Waals surface area contributed by atoms with Gasteiger partial charge < -0.3 is 24.4 Å². The molecule has 1 aromatic heterocycles. The third kappa shape index (κ3) is 2.93. The Balaban J connectivity index is 1.17. The Kier molecular flexibility index (Phi) is 4.06. The number of hydrogen-bond acceptors (Lipinski definition) is 6. The van der Waals surface area contributed by atoms with Crippen LogP contribution in [0.4, 0.5) is 11.5 Å². The molecular formula is C20H24N4O4. The summed E-state index contributed by atoms with van der Waals surface area (Å²) in [5.41, 5.74) is 0.834. The summed E-state index contributed by atoms with van der Waals surface area (Å²) in [7, 11) is 1.72. The predicted octanol–water partition coefficient (Wildman–Crippen LogP) is 2.55. The van der Waals surface area contributed by atoms with Crippen molar-refractivity contribution < 1.29 is 19.0 Å². The van der Waals surface area contributed by atoms with Crippen LogP contribution in [0.15, 0.2) is 30.5 Å². The van der Waals surface area contributed by atoms with Gasteiger partial charge in [0.1, 0.15) is 11.6 Å². The highest BCUT2D eigenvalue weighted by atomic mass is 16.5. The number of methoxy groups -OCH3 is 1. The van der Waals surface area contributed by atoms with Crippen molar-refractivity contribution in [2.75, 3.05) is 43.6 Å². The molecule has 1 amide bonds. The zero-order valence-corrected chi connectivity index (χ0v) is 15.9. The molecular weight excluding hydrogens is 360 g/mol. The molecule has 0 unspecified atom stereocenters. The molecule has 2 heterocycles. The second kappa shape index (κ2) is 6.49. The standard InChI is InChI=1S/C20H24N4O4/c1-26-20-11-19(12-20,13-20)17(25)22-16-10-21-18(23-16)28-15-4-2-14(3-5-15)24-6-8-27-9-7-24/h2-5,10H,6-9,11-13H2,1H3,(H,21,23)(H,22,25). The molecule has 2 N–H and O–H groups in total. The molecule has 4 fully saturated rings. The average Bonchev–Trinajstić information content (AvgIpc) is 3.08. The highest BCUT2D eigenvalue weighted by molar-refractivity contribution is 5.97. The summed E-state index contributed by atoms with van der Waals surface area (Å²) in [6.07, 6.45) is 3.98. The molecule has 8 heteroatoms. The predicted molar refractivity (Wildman–Crippen MR) is 103 cm³/mol. The van der Waals surface area contributed by atoms with E-state index in [0.29, 0.717) is 17.6 Å². The molecule has 3 aliphatic carbocycles. The Hall–Kier alpha value is -2.58. The van der Waals surface area contributed by atoms with E-state index < -0.39 is 0 Å². The van der Waals surface area contributed by atoms with Crippen LogP contribution in [0.25, 0.3) is 0 Å². The Morgan fingerprint density at radius 3 is 2.61 bits per heavy atom. The van der Waals surface area contributed by atoms with Crippen LogP contribution in [0.2, 0.25) is 0 Å². The molecule has 8 nitrogen and oxygen atoms in total. The molecule has 1 aliphatic heterocycles. The molecule has 1 aromatic carbocycles. The number of carbonyl (C=O) groups is 1. The van der Waals surface area contributed by atoms with Gasteiger partial charge in [0, 0.05) is 25.9 Å². The topological polar surface area (TPSA) is 88.7 Å². The SMILES string of the molecule is COC12CC(C(=O)Nc3cnc(Oc4ccc(N5CCOCC5)cc4)[nH]3)(C1)C2. The van der Waals surface area contributed by atoms with Gasteiger partial charge in [0.25, 0.3) is 0 Å². The second-order valence-electron chi connectivity index (χ2n) is 7.95. The molecule has 0 spiro atoms. The van der Waals surface area contributed by atoms with Gasteiger partial charge >= 0.3 is 6.01 Å². The average molecular weight is 384 g/mol. The number of rotatable bonds is 6. The minimum absolute atomic E-state index is 0.0245. The van der Waals surface area contributed by atoms with Gasteiger partial charge in [-0.05, 0) is 43.5 Å². The van der Waals surface area contributed by atoms with Gasteiger partial charge in [-0.15, -0.1) is 0 Å². The second-order valence-corrected chi connectivity index (χ2v) is 7.95. The van der Waals surface area contributed by atoms with Gasteiger partial charge in [-0.25, -0.2) is 4.98 Å². The molecule has 0 atom stereocenters. The monoisotopic (exact) mass is 384 g/mol. The minimum atomic E-state index is -0.266. The van der Waals surface area contributed by atoms with Gasteiger partial charge in [-0.3, -0.25) is 9.78 Å². The van der Waals surface area contributed by atoms with Crippen LogP contribution >= 0.6 is 0 Å². The third-order valence-electron chi connectivity index (χ3n) is 6.12. The maximum absolute atomic E-state index is 12.5. The van der Waals surface area contributed by atoms with E-state index in [9.17, 15) is 4.79 Å². The van der Waals surface area contributed by atoms with Gasteiger partial charge in [0.05, 0.1) is 30.4 Å². The number of morpholine rings is 1. The Morgan fingerprint density at radius 1 is 1.21 bits per heavy atom. The molecule has 2 bridgehead atoms. The molecule has 1 saturated heterocycles. The lowest BCUT2D eigenvalue weighted by atomic mass is 9.40. The molecule has 28 heavy (non-hydrogen) atoms. The number of ether oxygens (including phenoxy) is 3. The highest BCUT2D eigenvalue weighted by Gasteiger charge is 2.72. The van der Waals surface area contributed by atoms with Gasteiger partial charge in [-0.2, -0.15) is 0 Å². The lowest BCUT2D eigenvalue weighted by Gasteiger charge is -2.67. The van der Waals surface area contributed by atoms with Crippen LogP contribution in [0.5, 0.6) is 11.8 Å². The summed E-state index contributed by atoms with van der Waals surface area (Å²) >= 11 is 0. The van der Waals surface area contributed by atoms with Crippen LogP contribution in [0.3, 0.4) is 0 Å². The van der Waals surface area contributed by atoms with Crippen molar-refractivity contribution >= 4 is 17.4 Å². The number of hydrogen-bond donors (Lipinski definition) is 2. The molecule has 4 aliphatic rings. The molecule has 0 radical (unpaired) electrons. The number of H-pyrrole nitrogens is 1. The van der Waals surface area contributed by atoms with Crippen molar-refractivity contribution in [3.8, 4) is 11.8 Å². The summed E-state index contributed by atoms with van der Waals surface area (Å²) in [6, 6.07) is 8.23. The van der Waals surface area contributed by atoms with Gasteiger partial charge in [-0.1, -0.05) is 0 Å². The fraction of sp³-hybridized carbons (Fsp3) is 0.500. The van der Waals surface area contributed by atoms with Crippen molar-refractivity contribution in [3.63, 3.8) is 0 Å². The van der Waals surface area contributed by atoms with Crippen LogP contribution in [0.1, 0.15) is 19.3 Å². The summed E-state index contributed by atoms with van der Waals surface area (Å²) in [5.74, 6) is 1.25. The summed E-state index contributed by atoms with van der Waals surface area (Å²) in [5, 5.41) is 2.91. The van der Waals surface area contributed by atoms with Crippen LogP contribution in [-0.2, 0) is 14.3 Å². The van der Waals surface area contributed by atoms with Crippen molar-refractivity contribution in [1.29, 1.82) is 0 Å². The zero-order chi connectivity index (χ0) is 19.2. The van der Waals surface area contributed by atoms with E-state index in [4.69, 9.17) is 14.2 Å². The number of nitrogens with zero attached hydrogens (tertiary/aromatic N) is 2. The molecule has 2 aromatic rings. The largest absolute Gasteiger partial charge is 0.426 e. The van der Waals surface area contributed by atoms with Crippen LogP contribution in [-0.4, -0.2) is 54.9 Å². The van der Waals surface area contributed by atoms with E-state index in [1.165, 1.54) is 0 Å². The van der Waals surface area contributed by atoms with E-state index in [1.54, 1.807) is 13.3 Å². The quantitative estimate of drug-likeness (QED) is 0.796. The summed E-state index contributed by atoms with van der Waals surface area (Å²) in [4.78, 5) is 22.0. The lowest BCUT2D eigenvalue weighted by Crippen LogP contribution is -2.72. The number of aromatic amines is 1. The first-order valence-electron chi connectivity index (χ1n) is 9.62. The van der Waals surface area contributed by atoms with E-state index in [0.717, 1.165) is 51.3 Å². The molecule has 3 saturated carbocycles. The highest BCUT2D eigenvalue weighted by Crippen LogP contribution is 2.69. The van der Waals surface area contributed by atoms with Gasteiger partial charge in [0.2, 0.25) is 5.91 Å². The first kappa shape index (κ1) is 17.5. The van der Waals surface area contributed by atoms with Crippen molar-refractivity contribution in [3.05, 3.63) is 30.5 Å². The van der Waals surface area contributed by atoms with Crippen molar-refractivity contribution in [2.24, 2.45) is 5.41 Å². The number of imidazole rings is 1. The van der Waals surface area contributed by atoms with E-state index in [2.05, 4.69) is 20.2 Å². The Morgan fingerprint density at radius 2 is 1.93 bits per heavy atom. The number of amides is 1. The van der Waals surface area contributed by atoms with Gasteiger partial charge in [0.15, 0.2) is 0 Å².